The van der Waals surface area contributed by atoms with Gasteiger partial charge in [-0.25, -0.2) is 18.2 Å². The van der Waals surface area contributed by atoms with Gasteiger partial charge in [0.05, 0.1) is 18.1 Å². The number of ether oxygens (including phenoxy) is 1. The molecule has 0 spiro atoms. The summed E-state index contributed by atoms with van der Waals surface area (Å²) in [7, 11) is -2.85. The van der Waals surface area contributed by atoms with Crippen LogP contribution in [0.1, 0.15) is 5.69 Å². The topological polar surface area (TPSA) is 111 Å². The minimum Gasteiger partial charge on any atom is -0.497 e. The van der Waals surface area contributed by atoms with Crippen LogP contribution < -0.4 is 9.88 Å². The van der Waals surface area contributed by atoms with Gasteiger partial charge in [-0.1, -0.05) is 30.3 Å². The van der Waals surface area contributed by atoms with Crippen molar-refractivity contribution < 1.29 is 26.3 Å². The highest BCUT2D eigenvalue weighted by atomic mass is 32.2. The van der Waals surface area contributed by atoms with Crippen LogP contribution in [-0.4, -0.2) is 25.3 Å². The van der Waals surface area contributed by atoms with Crippen molar-refractivity contribution in [1.82, 2.24) is 9.78 Å². The summed E-state index contributed by atoms with van der Waals surface area (Å²) in [6.07, 6.45) is -4.87. The molecular weight excluding hydrogens is 421 g/mol. The lowest BCUT2D eigenvalue weighted by atomic mass is 9.98. The predicted molar refractivity (Wildman–Crippen MR) is 102 cm³/mol. The number of aromatic nitrogens is 2. The standard InChI is InChI=1S/C19H15F3N4O3S/c1-29-13-8-6-12(7-9-13)16-17(14-4-2-3-5-15(14)30(24,27)28)25-26(11-10-23)18(16)19(20,21)22/h2-9H,11H2,1H3,(H2,24,27,28). The zero-order valence-electron chi connectivity index (χ0n) is 15.5. The van der Waals surface area contributed by atoms with Crippen LogP contribution in [0.5, 0.6) is 5.75 Å². The number of sulfonamides is 1. The first kappa shape index (κ1) is 21.4. The molecule has 30 heavy (non-hydrogen) atoms. The number of nitrogens with zero attached hydrogens (tertiary/aromatic N) is 3. The van der Waals surface area contributed by atoms with Crippen LogP contribution in [0.4, 0.5) is 13.2 Å². The van der Waals surface area contributed by atoms with Crippen LogP contribution in [-0.2, 0) is 22.7 Å². The van der Waals surface area contributed by atoms with Crippen LogP contribution in [0, 0.1) is 11.3 Å². The number of nitriles is 1. The van der Waals surface area contributed by atoms with E-state index >= 15 is 0 Å². The van der Waals surface area contributed by atoms with Crippen LogP contribution in [0.15, 0.2) is 53.4 Å². The third-order valence-electron chi connectivity index (χ3n) is 4.27. The second-order valence-electron chi connectivity index (χ2n) is 6.16. The first-order valence-electron chi connectivity index (χ1n) is 8.39. The van der Waals surface area contributed by atoms with Gasteiger partial charge in [-0.15, -0.1) is 0 Å². The summed E-state index contributed by atoms with van der Waals surface area (Å²) in [5.74, 6) is 0.420. The Kier molecular flexibility index (Phi) is 5.56. The maximum absolute atomic E-state index is 14.0. The molecule has 2 N–H and O–H groups in total. The Labute approximate surface area is 170 Å². The number of nitrogens with two attached hydrogens (primary N) is 1. The Morgan fingerprint density at radius 2 is 1.80 bits per heavy atom. The molecule has 156 valence electrons. The van der Waals surface area contributed by atoms with Crippen molar-refractivity contribution in [3.05, 3.63) is 54.2 Å². The fourth-order valence-electron chi connectivity index (χ4n) is 3.06. The van der Waals surface area contributed by atoms with Crippen molar-refractivity contribution in [2.75, 3.05) is 7.11 Å². The van der Waals surface area contributed by atoms with Crippen molar-refractivity contribution in [1.29, 1.82) is 5.26 Å². The second kappa shape index (κ2) is 7.81. The average Bonchev–Trinajstić information content (AvgIpc) is 3.07. The number of hydrogen-bond acceptors (Lipinski definition) is 5. The van der Waals surface area contributed by atoms with E-state index in [1.165, 1.54) is 55.6 Å². The molecule has 0 aliphatic heterocycles. The molecule has 0 radical (unpaired) electrons. The van der Waals surface area contributed by atoms with Gasteiger partial charge in [0.1, 0.15) is 18.0 Å². The maximum Gasteiger partial charge on any atom is 0.433 e. The summed E-state index contributed by atoms with van der Waals surface area (Å²) in [5, 5.41) is 18.2. The summed E-state index contributed by atoms with van der Waals surface area (Å²) >= 11 is 0. The normalized spacial score (nSPS) is 11.9. The van der Waals surface area contributed by atoms with Crippen molar-refractivity contribution in [3.63, 3.8) is 0 Å². The van der Waals surface area contributed by atoms with Crippen LogP contribution >= 0.6 is 0 Å². The van der Waals surface area contributed by atoms with Crippen molar-refractivity contribution in [2.45, 2.75) is 17.6 Å². The summed E-state index contributed by atoms with van der Waals surface area (Å²) in [6.45, 7) is -0.685. The Bertz CT molecular complexity index is 1230. The minimum absolute atomic E-state index is 0.104. The molecule has 0 saturated carbocycles. The number of methoxy groups -OCH3 is 1. The quantitative estimate of drug-likeness (QED) is 0.659. The molecule has 1 aromatic heterocycles. The van der Waals surface area contributed by atoms with Gasteiger partial charge in [-0.05, 0) is 23.8 Å². The molecular formula is C19H15F3N4O3S. The van der Waals surface area contributed by atoms with Crippen LogP contribution in [0.2, 0.25) is 0 Å². The maximum atomic E-state index is 14.0. The molecule has 2 aromatic carbocycles. The van der Waals surface area contributed by atoms with Gasteiger partial charge in [0, 0.05) is 11.1 Å². The Balaban J connectivity index is 2.44. The first-order chi connectivity index (χ1) is 14.1. The van der Waals surface area contributed by atoms with Gasteiger partial charge in [0.15, 0.2) is 5.69 Å². The van der Waals surface area contributed by atoms with E-state index in [9.17, 15) is 21.6 Å². The number of halogens is 3. The molecule has 0 saturated heterocycles. The smallest absolute Gasteiger partial charge is 0.433 e. The summed E-state index contributed by atoms with van der Waals surface area (Å²) in [5.41, 5.74) is -1.78. The molecule has 3 rings (SSSR count). The van der Waals surface area contributed by atoms with E-state index in [0.717, 1.165) is 0 Å². The number of rotatable bonds is 5. The van der Waals surface area contributed by atoms with E-state index in [2.05, 4.69) is 5.10 Å². The molecule has 7 nitrogen and oxygen atoms in total. The van der Waals surface area contributed by atoms with E-state index < -0.39 is 28.4 Å². The van der Waals surface area contributed by atoms with Crippen molar-refractivity contribution in [2.24, 2.45) is 5.14 Å². The third kappa shape index (κ3) is 4.00. The largest absolute Gasteiger partial charge is 0.497 e. The number of primary sulfonamides is 1. The highest BCUT2D eigenvalue weighted by Gasteiger charge is 2.41. The molecule has 0 aliphatic carbocycles. The Morgan fingerprint density at radius 1 is 1.17 bits per heavy atom. The molecule has 0 bridgehead atoms. The monoisotopic (exact) mass is 436 g/mol. The number of alkyl halides is 3. The number of hydrogen-bond donors (Lipinski definition) is 1. The van der Waals surface area contributed by atoms with Crippen LogP contribution in [0.25, 0.3) is 22.4 Å². The Morgan fingerprint density at radius 3 is 2.33 bits per heavy atom. The van der Waals surface area contributed by atoms with Gasteiger partial charge in [-0.3, -0.25) is 0 Å². The van der Waals surface area contributed by atoms with E-state index in [0.29, 0.717) is 10.4 Å². The molecule has 0 unspecified atom stereocenters. The summed E-state index contributed by atoms with van der Waals surface area (Å²) < 4.78 is 71.6. The van der Waals surface area contributed by atoms with E-state index in [1.807, 2.05) is 0 Å². The highest BCUT2D eigenvalue weighted by molar-refractivity contribution is 7.89. The van der Waals surface area contributed by atoms with E-state index in [-0.39, 0.29) is 27.3 Å². The fraction of sp³-hybridized carbons (Fsp3) is 0.158. The predicted octanol–water partition coefficient (Wildman–Crippen LogP) is 3.42. The summed E-state index contributed by atoms with van der Waals surface area (Å²) in [6, 6.07) is 12.7. The zero-order chi connectivity index (χ0) is 22.1. The first-order valence-corrected chi connectivity index (χ1v) is 9.94. The van der Waals surface area contributed by atoms with Gasteiger partial charge < -0.3 is 4.74 Å². The van der Waals surface area contributed by atoms with E-state index in [4.69, 9.17) is 15.1 Å². The highest BCUT2D eigenvalue weighted by Crippen LogP contribution is 2.44. The zero-order valence-corrected chi connectivity index (χ0v) is 16.3. The number of benzene rings is 2. The lowest BCUT2D eigenvalue weighted by Crippen LogP contribution is -2.15. The lowest BCUT2D eigenvalue weighted by molar-refractivity contribution is -0.143. The molecule has 3 aromatic rings. The average molecular weight is 436 g/mol. The SMILES string of the molecule is COc1ccc(-c2c(-c3ccccc3S(N)(=O)=O)nn(CC#N)c2C(F)(F)F)cc1. The van der Waals surface area contributed by atoms with Gasteiger partial charge in [0.25, 0.3) is 0 Å². The van der Waals surface area contributed by atoms with Crippen molar-refractivity contribution >= 4 is 10.0 Å². The van der Waals surface area contributed by atoms with Crippen LogP contribution in [0.3, 0.4) is 0 Å². The van der Waals surface area contributed by atoms with Gasteiger partial charge >= 0.3 is 6.18 Å². The molecule has 0 aliphatic rings. The van der Waals surface area contributed by atoms with Gasteiger partial charge in [0.2, 0.25) is 10.0 Å². The Hall–Kier alpha value is -3.36. The molecule has 11 heteroatoms. The van der Waals surface area contributed by atoms with Crippen molar-refractivity contribution in [3.8, 4) is 34.2 Å². The third-order valence-corrected chi connectivity index (χ3v) is 5.24. The molecule has 0 fully saturated rings. The molecule has 0 amide bonds. The van der Waals surface area contributed by atoms with Gasteiger partial charge in [-0.2, -0.15) is 23.5 Å². The lowest BCUT2D eigenvalue weighted by Gasteiger charge is -2.12. The molecule has 1 heterocycles. The van der Waals surface area contributed by atoms with E-state index in [1.54, 1.807) is 6.07 Å². The summed E-state index contributed by atoms with van der Waals surface area (Å²) in [4.78, 5) is -0.380. The second-order valence-corrected chi connectivity index (χ2v) is 7.69. The fourth-order valence-corrected chi connectivity index (χ4v) is 3.80. The molecule has 0 atom stereocenters. The minimum atomic E-state index is -4.87.